The fraction of sp³-hybridized carbons (Fsp3) is 0.840. The van der Waals surface area contributed by atoms with Crippen LogP contribution in [0.4, 0.5) is 0 Å². The fourth-order valence-electron chi connectivity index (χ4n) is 7.09. The average Bonchev–Trinajstić information content (AvgIpc) is 3.20. The van der Waals surface area contributed by atoms with Crippen LogP contribution in [0.3, 0.4) is 0 Å². The highest BCUT2D eigenvalue weighted by molar-refractivity contribution is 5.76. The van der Waals surface area contributed by atoms with Gasteiger partial charge in [0.25, 0.3) is 0 Å². The first-order valence-electron chi connectivity index (χ1n) is 24.3. The van der Waals surface area contributed by atoms with Crippen LogP contribution in [-0.4, -0.2) is 47.4 Å². The number of ether oxygens (including phenoxy) is 1. The maximum absolute atomic E-state index is 12.4. The molecular weight excluding hydrogens is 695 g/mol. The largest absolute Gasteiger partial charge is 0.466 e. The van der Waals surface area contributed by atoms with Crippen molar-refractivity contribution in [2.75, 3.05) is 13.2 Å². The second-order valence-electron chi connectivity index (χ2n) is 16.4. The van der Waals surface area contributed by atoms with Gasteiger partial charge in [-0.15, -0.1) is 0 Å². The SMILES string of the molecule is CCCCC/C=C\CCCCCCCC(=O)OCCCCCCCC/C=C\CCCCCCCCCC(=O)NC(CO)C(O)/C=C/CCCCCCCCCC. The number of hydrogen-bond acceptors (Lipinski definition) is 5. The maximum Gasteiger partial charge on any atom is 0.305 e. The van der Waals surface area contributed by atoms with Gasteiger partial charge in [0.1, 0.15) is 0 Å². The number of aliphatic hydroxyl groups is 2. The molecule has 0 saturated heterocycles. The van der Waals surface area contributed by atoms with E-state index >= 15 is 0 Å². The Labute approximate surface area is 347 Å². The molecule has 328 valence electrons. The summed E-state index contributed by atoms with van der Waals surface area (Å²) in [4.78, 5) is 24.3. The molecule has 2 unspecified atom stereocenters. The van der Waals surface area contributed by atoms with Gasteiger partial charge in [0.2, 0.25) is 5.91 Å². The lowest BCUT2D eigenvalue weighted by molar-refractivity contribution is -0.143. The topological polar surface area (TPSA) is 95.9 Å². The zero-order valence-electron chi connectivity index (χ0n) is 37.1. The summed E-state index contributed by atoms with van der Waals surface area (Å²) < 4.78 is 5.44. The van der Waals surface area contributed by atoms with Crippen LogP contribution < -0.4 is 5.32 Å². The summed E-state index contributed by atoms with van der Waals surface area (Å²) in [5.74, 6) is -0.0975. The summed E-state index contributed by atoms with van der Waals surface area (Å²) in [5, 5.41) is 22.9. The van der Waals surface area contributed by atoms with Crippen molar-refractivity contribution in [3.05, 3.63) is 36.5 Å². The normalized spacial score (nSPS) is 13.0. The lowest BCUT2D eigenvalue weighted by Crippen LogP contribution is -2.45. The van der Waals surface area contributed by atoms with Crippen LogP contribution >= 0.6 is 0 Å². The maximum atomic E-state index is 12.4. The van der Waals surface area contributed by atoms with Crippen LogP contribution in [0.15, 0.2) is 36.5 Å². The van der Waals surface area contributed by atoms with E-state index in [1.807, 2.05) is 6.08 Å². The Morgan fingerprint density at radius 3 is 1.30 bits per heavy atom. The van der Waals surface area contributed by atoms with Crippen LogP contribution in [-0.2, 0) is 14.3 Å². The first-order chi connectivity index (χ1) is 27.5. The van der Waals surface area contributed by atoms with Gasteiger partial charge in [0.15, 0.2) is 0 Å². The van der Waals surface area contributed by atoms with Crippen molar-refractivity contribution in [3.63, 3.8) is 0 Å². The van der Waals surface area contributed by atoms with Crippen LogP contribution in [0.2, 0.25) is 0 Å². The second kappa shape index (κ2) is 45.8. The van der Waals surface area contributed by atoms with Crippen molar-refractivity contribution in [3.8, 4) is 0 Å². The molecule has 2 atom stereocenters. The summed E-state index contributed by atoms with van der Waals surface area (Å²) in [5.41, 5.74) is 0. The Hall–Kier alpha value is -1.92. The predicted octanol–water partition coefficient (Wildman–Crippen LogP) is 14.1. The molecule has 0 aromatic carbocycles. The summed E-state index contributed by atoms with van der Waals surface area (Å²) >= 11 is 0. The number of carbonyl (C=O) groups excluding carboxylic acids is 2. The zero-order chi connectivity index (χ0) is 40.8. The highest BCUT2D eigenvalue weighted by atomic mass is 16.5. The molecule has 1 amide bonds. The van der Waals surface area contributed by atoms with Crippen molar-refractivity contribution >= 4 is 11.9 Å². The monoisotopic (exact) mass is 788 g/mol. The molecule has 0 heterocycles. The fourth-order valence-corrected chi connectivity index (χ4v) is 7.09. The summed E-state index contributed by atoms with van der Waals surface area (Å²) in [6, 6.07) is -0.635. The molecule has 0 bridgehead atoms. The van der Waals surface area contributed by atoms with Gasteiger partial charge >= 0.3 is 5.97 Å². The van der Waals surface area contributed by atoms with Crippen molar-refractivity contribution in [1.82, 2.24) is 5.32 Å². The molecule has 0 spiro atoms. The molecule has 0 saturated carbocycles. The van der Waals surface area contributed by atoms with Gasteiger partial charge in [-0.1, -0.05) is 185 Å². The van der Waals surface area contributed by atoms with Crippen molar-refractivity contribution in [2.45, 2.75) is 257 Å². The highest BCUT2D eigenvalue weighted by Gasteiger charge is 2.18. The van der Waals surface area contributed by atoms with Crippen LogP contribution in [0.1, 0.15) is 245 Å². The molecule has 0 aliphatic carbocycles. The third-order valence-corrected chi connectivity index (χ3v) is 10.9. The van der Waals surface area contributed by atoms with E-state index in [0.29, 0.717) is 19.4 Å². The predicted molar refractivity (Wildman–Crippen MR) is 241 cm³/mol. The number of esters is 1. The van der Waals surface area contributed by atoms with Gasteiger partial charge < -0.3 is 20.3 Å². The molecular formula is C50H93NO5. The molecule has 6 nitrogen and oxygen atoms in total. The lowest BCUT2D eigenvalue weighted by atomic mass is 10.1. The Balaban J connectivity index is 3.49. The summed E-state index contributed by atoms with van der Waals surface area (Å²) in [7, 11) is 0. The van der Waals surface area contributed by atoms with Gasteiger partial charge in [-0.05, 0) is 83.5 Å². The molecule has 56 heavy (non-hydrogen) atoms. The third-order valence-electron chi connectivity index (χ3n) is 10.9. The van der Waals surface area contributed by atoms with E-state index in [1.54, 1.807) is 6.08 Å². The standard InChI is InChI=1S/C50H93NO5/c1-3-5-7-9-11-13-15-24-28-32-36-40-44-50(55)56-45-41-37-33-29-25-22-20-18-16-17-19-21-23-27-31-35-39-43-49(54)51-47(46-52)48(53)42-38-34-30-26-14-12-10-8-6-4-2/h11,13,16,18,38,42,47-48,52-53H,3-10,12,14-15,17,19-37,39-41,43-46H2,1-2H3,(H,51,54)/b13-11-,18-16-,42-38+. The van der Waals surface area contributed by atoms with Crippen LogP contribution in [0, 0.1) is 0 Å². The summed E-state index contributed by atoms with van der Waals surface area (Å²) in [6.07, 6.45) is 54.2. The number of rotatable bonds is 44. The number of unbranched alkanes of at least 4 members (excludes halogenated alkanes) is 29. The number of amides is 1. The minimum absolute atomic E-state index is 0.0140. The third kappa shape index (κ3) is 41.7. The van der Waals surface area contributed by atoms with Crippen molar-refractivity contribution < 1.29 is 24.5 Å². The Morgan fingerprint density at radius 1 is 0.482 bits per heavy atom. The Morgan fingerprint density at radius 2 is 0.839 bits per heavy atom. The average molecular weight is 788 g/mol. The van der Waals surface area contributed by atoms with E-state index < -0.39 is 12.1 Å². The molecule has 6 heteroatoms. The molecule has 0 radical (unpaired) electrons. The molecule has 0 rings (SSSR count). The minimum atomic E-state index is -0.850. The molecule has 0 aromatic rings. The molecule has 0 aliphatic heterocycles. The Bertz CT molecular complexity index is 915. The van der Waals surface area contributed by atoms with E-state index in [4.69, 9.17) is 4.74 Å². The van der Waals surface area contributed by atoms with E-state index in [0.717, 1.165) is 57.8 Å². The summed E-state index contributed by atoms with van der Waals surface area (Å²) in [6.45, 7) is 4.82. The second-order valence-corrected chi connectivity index (χ2v) is 16.4. The Kier molecular flexibility index (Phi) is 44.2. The van der Waals surface area contributed by atoms with E-state index in [-0.39, 0.29) is 18.5 Å². The van der Waals surface area contributed by atoms with Gasteiger partial charge in [-0.3, -0.25) is 9.59 Å². The van der Waals surface area contributed by atoms with Gasteiger partial charge in [0.05, 0.1) is 25.4 Å². The van der Waals surface area contributed by atoms with Crippen molar-refractivity contribution in [1.29, 1.82) is 0 Å². The number of carbonyl (C=O) groups is 2. The van der Waals surface area contributed by atoms with Gasteiger partial charge in [-0.25, -0.2) is 0 Å². The highest BCUT2D eigenvalue weighted by Crippen LogP contribution is 2.14. The van der Waals surface area contributed by atoms with E-state index in [2.05, 4.69) is 43.5 Å². The van der Waals surface area contributed by atoms with E-state index in [9.17, 15) is 19.8 Å². The lowest BCUT2D eigenvalue weighted by Gasteiger charge is -2.20. The number of aliphatic hydroxyl groups excluding tert-OH is 2. The zero-order valence-corrected chi connectivity index (χ0v) is 37.1. The first kappa shape index (κ1) is 54.1. The minimum Gasteiger partial charge on any atom is -0.466 e. The van der Waals surface area contributed by atoms with Crippen molar-refractivity contribution in [2.24, 2.45) is 0 Å². The number of nitrogens with one attached hydrogen (secondary N) is 1. The van der Waals surface area contributed by atoms with Crippen LogP contribution in [0.5, 0.6) is 0 Å². The quantitative estimate of drug-likeness (QED) is 0.0325. The smallest absolute Gasteiger partial charge is 0.305 e. The molecule has 0 aliphatic rings. The first-order valence-corrected chi connectivity index (χ1v) is 24.3. The van der Waals surface area contributed by atoms with Gasteiger partial charge in [-0.2, -0.15) is 0 Å². The molecule has 0 aromatic heterocycles. The van der Waals surface area contributed by atoms with Crippen LogP contribution in [0.25, 0.3) is 0 Å². The number of allylic oxidation sites excluding steroid dienone is 5. The van der Waals surface area contributed by atoms with E-state index in [1.165, 1.54) is 161 Å². The van der Waals surface area contributed by atoms with Gasteiger partial charge in [0, 0.05) is 12.8 Å². The molecule has 0 fully saturated rings. The number of hydrogen-bond donors (Lipinski definition) is 3. The molecule has 3 N–H and O–H groups in total.